The van der Waals surface area contributed by atoms with E-state index < -0.39 is 7.32 Å². The molecule has 0 amide bonds. The van der Waals surface area contributed by atoms with Gasteiger partial charge in [-0.05, 0) is 56.4 Å². The van der Waals surface area contributed by atoms with Crippen molar-refractivity contribution >= 4 is 7.32 Å². The first kappa shape index (κ1) is 13.6. The van der Waals surface area contributed by atoms with Crippen molar-refractivity contribution in [2.24, 2.45) is 17.3 Å². The van der Waals surface area contributed by atoms with Crippen molar-refractivity contribution in [1.82, 2.24) is 5.32 Å². The van der Waals surface area contributed by atoms with Crippen molar-refractivity contribution in [2.45, 2.75) is 64.2 Å². The van der Waals surface area contributed by atoms with E-state index in [-0.39, 0.29) is 11.7 Å². The average Bonchev–Trinajstić information content (AvgIpc) is 3.00. The predicted octanol–water partition coefficient (Wildman–Crippen LogP) is 1.98. The van der Waals surface area contributed by atoms with E-state index in [1.165, 1.54) is 19.3 Å². The topological polar surface area (TPSA) is 39.7 Å². The summed E-state index contributed by atoms with van der Waals surface area (Å²) in [4.78, 5) is 0. The summed E-state index contributed by atoms with van der Waals surface area (Å²) in [5, 5.41) is 3.45. The third-order valence-electron chi connectivity index (χ3n) is 6.52. The zero-order chi connectivity index (χ0) is 14.0. The molecule has 3 aliphatic carbocycles. The van der Waals surface area contributed by atoms with Crippen LogP contribution in [0.25, 0.3) is 0 Å². The summed E-state index contributed by atoms with van der Waals surface area (Å²) in [5.74, 6) is 1.40. The smallest absolute Gasteiger partial charge is 0.384 e. The first-order valence-electron chi connectivity index (χ1n) is 8.18. The van der Waals surface area contributed by atoms with E-state index in [9.17, 15) is 0 Å². The molecular formula is C15H26BNO3. The summed E-state index contributed by atoms with van der Waals surface area (Å²) in [5.41, 5.74) is 0.253. The van der Waals surface area contributed by atoms with E-state index in [2.05, 4.69) is 26.1 Å². The second-order valence-corrected chi connectivity index (χ2v) is 7.88. The molecule has 2 aliphatic heterocycles. The Bertz CT molecular complexity index is 399. The molecule has 5 rings (SSSR count). The molecule has 112 valence electrons. The van der Waals surface area contributed by atoms with Crippen molar-refractivity contribution in [3.8, 4) is 0 Å². The Morgan fingerprint density at radius 1 is 1.30 bits per heavy atom. The fourth-order valence-electron chi connectivity index (χ4n) is 4.99. The molecule has 5 heteroatoms. The molecule has 0 radical (unpaired) electrons. The van der Waals surface area contributed by atoms with Gasteiger partial charge in [0.1, 0.15) is 0 Å². The first-order chi connectivity index (χ1) is 9.50. The van der Waals surface area contributed by atoms with E-state index in [4.69, 9.17) is 14.0 Å². The van der Waals surface area contributed by atoms with Crippen molar-refractivity contribution in [3.63, 3.8) is 0 Å². The fraction of sp³-hybridized carbons (Fsp3) is 1.00. The van der Waals surface area contributed by atoms with Gasteiger partial charge in [0.2, 0.25) is 0 Å². The molecular weight excluding hydrogens is 253 g/mol. The number of hydrogen-bond donors (Lipinski definition) is 1. The molecule has 3 saturated carbocycles. The Morgan fingerprint density at radius 3 is 2.85 bits per heavy atom. The monoisotopic (exact) mass is 279 g/mol. The normalized spacial score (nSPS) is 49.0. The zero-order valence-corrected chi connectivity index (χ0v) is 12.9. The van der Waals surface area contributed by atoms with Crippen LogP contribution in [0.2, 0.25) is 0 Å². The van der Waals surface area contributed by atoms with Crippen LogP contribution in [0, 0.1) is 17.3 Å². The molecule has 2 bridgehead atoms. The molecule has 2 saturated heterocycles. The molecule has 0 unspecified atom stereocenters. The van der Waals surface area contributed by atoms with Gasteiger partial charge in [-0.25, -0.2) is 0 Å². The highest BCUT2D eigenvalue weighted by Gasteiger charge is 2.68. The number of hydrogen-bond acceptors (Lipinski definition) is 4. The van der Waals surface area contributed by atoms with Gasteiger partial charge in [-0.15, -0.1) is 0 Å². The highest BCUT2D eigenvalue weighted by Crippen LogP contribution is 2.65. The fourth-order valence-corrected chi connectivity index (χ4v) is 4.99. The van der Waals surface area contributed by atoms with Crippen LogP contribution < -0.4 is 5.32 Å². The van der Waals surface area contributed by atoms with Gasteiger partial charge in [0, 0.05) is 12.6 Å². The van der Waals surface area contributed by atoms with Crippen LogP contribution in [0.3, 0.4) is 0 Å². The minimum Gasteiger partial charge on any atom is -0.384 e. The van der Waals surface area contributed by atoms with Crippen molar-refractivity contribution < 1.29 is 14.0 Å². The van der Waals surface area contributed by atoms with E-state index in [1.54, 1.807) is 0 Å². The van der Waals surface area contributed by atoms with Crippen LogP contribution in [0.15, 0.2) is 0 Å². The van der Waals surface area contributed by atoms with Crippen LogP contribution in [0.4, 0.5) is 0 Å². The Labute approximate surface area is 122 Å². The van der Waals surface area contributed by atoms with Gasteiger partial charge in [-0.1, -0.05) is 13.8 Å². The molecule has 5 fully saturated rings. The lowest BCUT2D eigenvalue weighted by Crippen LogP contribution is -2.65. The third kappa shape index (κ3) is 1.83. The number of nitrogens with one attached hydrogen (secondary N) is 1. The second-order valence-electron chi connectivity index (χ2n) is 7.88. The quantitative estimate of drug-likeness (QED) is 0.802. The van der Waals surface area contributed by atoms with E-state index in [0.717, 1.165) is 18.9 Å². The van der Waals surface area contributed by atoms with E-state index >= 15 is 0 Å². The summed E-state index contributed by atoms with van der Waals surface area (Å²) in [6.07, 6.45) is 5.09. The summed E-state index contributed by atoms with van der Waals surface area (Å²) in [6.45, 7) is 8.81. The van der Waals surface area contributed by atoms with Gasteiger partial charge in [0.15, 0.2) is 0 Å². The Hall–Kier alpha value is -0.0951. The van der Waals surface area contributed by atoms with Gasteiger partial charge in [-0.3, -0.25) is 0 Å². The highest BCUT2D eigenvalue weighted by atomic mass is 16.8. The maximum Gasteiger partial charge on any atom is 0.640 e. The van der Waals surface area contributed by atoms with Crippen LogP contribution in [-0.4, -0.2) is 38.2 Å². The maximum atomic E-state index is 6.23. The summed E-state index contributed by atoms with van der Waals surface area (Å²) in [6, 6.07) is 0.475. The predicted molar refractivity (Wildman–Crippen MR) is 77.1 cm³/mol. The molecule has 0 spiro atoms. The maximum absolute atomic E-state index is 6.23. The SMILES string of the molecule is CC1(C)[C@H]2C[C@H]3OB(OC[C@@H]4CCCN4)O[C@@]3(C)[C@H]1C2. The molecule has 5 atom stereocenters. The Balaban J connectivity index is 1.39. The third-order valence-corrected chi connectivity index (χ3v) is 6.52. The summed E-state index contributed by atoms with van der Waals surface area (Å²) < 4.78 is 18.1. The van der Waals surface area contributed by atoms with Gasteiger partial charge in [0.25, 0.3) is 0 Å². The molecule has 1 N–H and O–H groups in total. The van der Waals surface area contributed by atoms with E-state index in [0.29, 0.717) is 24.0 Å². The molecule has 5 aliphatic rings. The largest absolute Gasteiger partial charge is 0.640 e. The summed E-state index contributed by atoms with van der Waals surface area (Å²) in [7, 11) is -0.456. The van der Waals surface area contributed by atoms with Crippen LogP contribution in [-0.2, 0) is 14.0 Å². The van der Waals surface area contributed by atoms with Gasteiger partial charge < -0.3 is 19.3 Å². The minimum atomic E-state index is -0.456. The molecule has 2 heterocycles. The minimum absolute atomic E-state index is 0.147. The van der Waals surface area contributed by atoms with E-state index in [1.807, 2.05) is 0 Å². The van der Waals surface area contributed by atoms with Crippen LogP contribution >= 0.6 is 0 Å². The lowest BCUT2D eigenvalue weighted by molar-refractivity contribution is -0.200. The van der Waals surface area contributed by atoms with Gasteiger partial charge >= 0.3 is 7.32 Å². The van der Waals surface area contributed by atoms with Crippen molar-refractivity contribution in [2.75, 3.05) is 13.2 Å². The zero-order valence-electron chi connectivity index (χ0n) is 12.9. The molecule has 0 aromatic rings. The van der Waals surface area contributed by atoms with Gasteiger partial charge in [-0.2, -0.15) is 0 Å². The van der Waals surface area contributed by atoms with Gasteiger partial charge in [0.05, 0.1) is 11.7 Å². The Morgan fingerprint density at radius 2 is 2.15 bits per heavy atom. The number of rotatable bonds is 3. The molecule has 0 aromatic carbocycles. The molecule has 0 aromatic heterocycles. The highest BCUT2D eigenvalue weighted by molar-refractivity contribution is 6.37. The molecule has 20 heavy (non-hydrogen) atoms. The van der Waals surface area contributed by atoms with Crippen LogP contribution in [0.5, 0.6) is 0 Å². The average molecular weight is 279 g/mol. The van der Waals surface area contributed by atoms with Crippen molar-refractivity contribution in [3.05, 3.63) is 0 Å². The van der Waals surface area contributed by atoms with Crippen LogP contribution in [0.1, 0.15) is 46.5 Å². The standard InChI is InChI=1S/C15H26BNO3/c1-14(2)10-7-12(14)15(3)13(8-10)19-16(20-15)18-9-11-5-4-6-17-11/h10-13,17H,4-9H2,1-3H3/t10-,11+,12+,13-,15+/m1/s1. The second kappa shape index (κ2) is 4.45. The summed E-state index contributed by atoms with van der Waals surface area (Å²) >= 11 is 0. The lowest BCUT2D eigenvalue weighted by Gasteiger charge is -2.64. The molecule has 4 nitrogen and oxygen atoms in total. The van der Waals surface area contributed by atoms with Crippen molar-refractivity contribution in [1.29, 1.82) is 0 Å². The first-order valence-corrected chi connectivity index (χ1v) is 8.18. The Kier molecular flexibility index (Phi) is 3.02. The lowest BCUT2D eigenvalue weighted by atomic mass is 9.43.